The number of likely N-dealkylation sites (tertiary alicyclic amines) is 1. The van der Waals surface area contributed by atoms with Crippen molar-refractivity contribution in [3.63, 3.8) is 0 Å². The molecule has 142 valence electrons. The molecule has 1 heterocycles. The molecule has 25 heavy (non-hydrogen) atoms. The summed E-state index contributed by atoms with van der Waals surface area (Å²) in [5, 5.41) is 6.81. The van der Waals surface area contributed by atoms with Gasteiger partial charge in [-0.15, -0.1) is 12.4 Å². The molecule has 5 nitrogen and oxygen atoms in total. The fourth-order valence-electron chi connectivity index (χ4n) is 2.93. The van der Waals surface area contributed by atoms with Gasteiger partial charge in [-0.05, 0) is 76.1 Å². The lowest BCUT2D eigenvalue weighted by atomic mass is 9.93. The van der Waals surface area contributed by atoms with Gasteiger partial charge >= 0.3 is 0 Å². The zero-order valence-electron chi connectivity index (χ0n) is 14.8. The first kappa shape index (κ1) is 22.0. The van der Waals surface area contributed by atoms with Crippen LogP contribution in [0.4, 0.5) is 0 Å². The van der Waals surface area contributed by atoms with Crippen LogP contribution in [-0.2, 0) is 4.79 Å². The van der Waals surface area contributed by atoms with E-state index in [-0.39, 0.29) is 18.3 Å². The van der Waals surface area contributed by atoms with E-state index in [9.17, 15) is 4.79 Å². The van der Waals surface area contributed by atoms with E-state index in [1.807, 2.05) is 19.2 Å². The van der Waals surface area contributed by atoms with Gasteiger partial charge in [-0.2, -0.15) is 0 Å². The molecule has 7 heteroatoms. The topological polar surface area (TPSA) is 53.6 Å². The third-order valence-electron chi connectivity index (χ3n) is 4.38. The normalized spacial score (nSPS) is 15.4. The molecule has 0 aromatic heterocycles. The Hall–Kier alpha value is -1.01. The Bertz CT molecular complexity index is 492. The predicted molar refractivity (Wildman–Crippen MR) is 105 cm³/mol. The zero-order valence-corrected chi connectivity index (χ0v) is 16.4. The molecule has 0 radical (unpaired) electrons. The monoisotopic (exact) mass is 389 g/mol. The molecule has 0 spiro atoms. The molecule has 1 saturated heterocycles. The van der Waals surface area contributed by atoms with Gasteiger partial charge in [0.2, 0.25) is 5.91 Å². The van der Waals surface area contributed by atoms with Crippen LogP contribution in [-0.4, -0.2) is 57.2 Å². The average molecular weight is 390 g/mol. The molecule has 1 aliphatic rings. The van der Waals surface area contributed by atoms with E-state index in [1.165, 1.54) is 19.3 Å². The predicted octanol–water partition coefficient (Wildman–Crippen LogP) is 2.58. The van der Waals surface area contributed by atoms with Gasteiger partial charge in [0.25, 0.3) is 0 Å². The van der Waals surface area contributed by atoms with Gasteiger partial charge in [0, 0.05) is 5.02 Å². The van der Waals surface area contributed by atoms with E-state index in [1.54, 1.807) is 12.1 Å². The molecule has 0 atom stereocenters. The number of hydrogen-bond donors (Lipinski definition) is 2. The third kappa shape index (κ3) is 8.77. The number of carbonyl (C=O) groups is 1. The molecule has 1 fully saturated rings. The molecule has 1 amide bonds. The van der Waals surface area contributed by atoms with E-state index in [2.05, 4.69) is 15.5 Å². The highest BCUT2D eigenvalue weighted by Gasteiger charge is 2.20. The lowest BCUT2D eigenvalue weighted by Crippen LogP contribution is -2.42. The number of piperidine rings is 1. The number of rotatable bonds is 9. The summed E-state index contributed by atoms with van der Waals surface area (Å²) in [7, 11) is 2.00. The number of halogens is 2. The highest BCUT2D eigenvalue weighted by Crippen LogP contribution is 2.19. The maximum Gasteiger partial charge on any atom is 0.234 e. The minimum Gasteiger partial charge on any atom is -0.492 e. The summed E-state index contributed by atoms with van der Waals surface area (Å²) in [5.41, 5.74) is 0. The highest BCUT2D eigenvalue weighted by molar-refractivity contribution is 6.30. The van der Waals surface area contributed by atoms with E-state index >= 15 is 0 Å². The molecule has 1 aromatic rings. The molecule has 0 unspecified atom stereocenters. The third-order valence-corrected chi connectivity index (χ3v) is 4.64. The van der Waals surface area contributed by atoms with Crippen LogP contribution in [0.3, 0.4) is 0 Å². The SMILES string of the molecule is CNCCC1CCN(CC(=O)NCCOc2ccc(Cl)cc2)CC1.Cl. The molecule has 1 aliphatic heterocycles. The average Bonchev–Trinajstić information content (AvgIpc) is 2.60. The van der Waals surface area contributed by atoms with Crippen molar-refractivity contribution in [3.8, 4) is 5.75 Å². The van der Waals surface area contributed by atoms with Crippen LogP contribution in [0.1, 0.15) is 19.3 Å². The maximum atomic E-state index is 12.0. The lowest BCUT2D eigenvalue weighted by Gasteiger charge is -2.31. The van der Waals surface area contributed by atoms with Crippen LogP contribution in [0.5, 0.6) is 5.75 Å². The molecule has 0 aliphatic carbocycles. The number of amides is 1. The van der Waals surface area contributed by atoms with Crippen molar-refractivity contribution < 1.29 is 9.53 Å². The fourth-order valence-corrected chi connectivity index (χ4v) is 3.06. The van der Waals surface area contributed by atoms with Gasteiger partial charge in [-0.3, -0.25) is 9.69 Å². The molecular weight excluding hydrogens is 361 g/mol. The second-order valence-corrected chi connectivity index (χ2v) is 6.70. The van der Waals surface area contributed by atoms with E-state index < -0.39 is 0 Å². The summed E-state index contributed by atoms with van der Waals surface area (Å²) in [5.74, 6) is 1.63. The summed E-state index contributed by atoms with van der Waals surface area (Å²) in [4.78, 5) is 14.2. The van der Waals surface area contributed by atoms with E-state index in [0.29, 0.717) is 24.7 Å². The van der Waals surface area contributed by atoms with Gasteiger partial charge in [0.15, 0.2) is 0 Å². The zero-order chi connectivity index (χ0) is 17.2. The molecule has 2 N–H and O–H groups in total. The van der Waals surface area contributed by atoms with Crippen molar-refractivity contribution in [3.05, 3.63) is 29.3 Å². The van der Waals surface area contributed by atoms with Gasteiger partial charge in [-0.25, -0.2) is 0 Å². The highest BCUT2D eigenvalue weighted by atomic mass is 35.5. The summed E-state index contributed by atoms with van der Waals surface area (Å²) in [6.45, 7) is 4.57. The lowest BCUT2D eigenvalue weighted by molar-refractivity contribution is -0.122. The number of carbonyl (C=O) groups excluding carboxylic acids is 1. The van der Waals surface area contributed by atoms with Crippen molar-refractivity contribution in [1.82, 2.24) is 15.5 Å². The number of ether oxygens (including phenoxy) is 1. The summed E-state index contributed by atoms with van der Waals surface area (Å²) >= 11 is 5.82. The van der Waals surface area contributed by atoms with Gasteiger partial charge in [0.05, 0.1) is 13.1 Å². The Morgan fingerprint density at radius 2 is 1.92 bits per heavy atom. The minimum atomic E-state index is 0. The van der Waals surface area contributed by atoms with Gasteiger partial charge in [-0.1, -0.05) is 11.6 Å². The Balaban J connectivity index is 0.00000312. The van der Waals surface area contributed by atoms with Crippen LogP contribution < -0.4 is 15.4 Å². The Morgan fingerprint density at radius 1 is 1.24 bits per heavy atom. The quantitative estimate of drug-likeness (QED) is 0.637. The smallest absolute Gasteiger partial charge is 0.234 e. The first-order valence-electron chi connectivity index (χ1n) is 8.69. The maximum absolute atomic E-state index is 12.0. The van der Waals surface area contributed by atoms with Crippen molar-refractivity contribution in [1.29, 1.82) is 0 Å². The largest absolute Gasteiger partial charge is 0.492 e. The number of nitrogens with zero attached hydrogens (tertiary/aromatic N) is 1. The summed E-state index contributed by atoms with van der Waals surface area (Å²) in [6, 6.07) is 7.22. The van der Waals surface area contributed by atoms with Gasteiger partial charge < -0.3 is 15.4 Å². The molecule has 0 saturated carbocycles. The Labute approximate surface area is 161 Å². The second-order valence-electron chi connectivity index (χ2n) is 6.26. The molecular formula is C18H29Cl2N3O2. The van der Waals surface area contributed by atoms with Gasteiger partial charge in [0.1, 0.15) is 12.4 Å². The summed E-state index contributed by atoms with van der Waals surface area (Å²) < 4.78 is 5.56. The summed E-state index contributed by atoms with van der Waals surface area (Å²) in [6.07, 6.45) is 3.61. The van der Waals surface area contributed by atoms with Crippen LogP contribution in [0, 0.1) is 5.92 Å². The Kier molecular flexibility index (Phi) is 10.9. The van der Waals surface area contributed by atoms with Crippen LogP contribution in [0.25, 0.3) is 0 Å². The molecule has 1 aromatic carbocycles. The molecule has 0 bridgehead atoms. The molecule has 2 rings (SSSR count). The van der Waals surface area contributed by atoms with Crippen molar-refractivity contribution in [2.24, 2.45) is 5.92 Å². The van der Waals surface area contributed by atoms with E-state index in [4.69, 9.17) is 16.3 Å². The Morgan fingerprint density at radius 3 is 2.56 bits per heavy atom. The van der Waals surface area contributed by atoms with Crippen LogP contribution >= 0.6 is 24.0 Å². The fraction of sp³-hybridized carbons (Fsp3) is 0.611. The van der Waals surface area contributed by atoms with Crippen molar-refractivity contribution in [2.75, 3.05) is 46.4 Å². The standard InChI is InChI=1S/C18H28ClN3O2.ClH/c1-20-9-6-15-7-11-22(12-8-15)14-18(23)21-10-13-24-17-4-2-16(19)3-5-17;/h2-5,15,20H,6-14H2,1H3,(H,21,23);1H. The number of benzene rings is 1. The number of nitrogens with one attached hydrogen (secondary N) is 2. The first-order valence-corrected chi connectivity index (χ1v) is 9.07. The van der Waals surface area contributed by atoms with Crippen molar-refractivity contribution >= 4 is 29.9 Å². The minimum absolute atomic E-state index is 0. The van der Waals surface area contributed by atoms with E-state index in [0.717, 1.165) is 31.3 Å². The second kappa shape index (κ2) is 12.4. The number of hydrogen-bond acceptors (Lipinski definition) is 4. The van der Waals surface area contributed by atoms with Crippen LogP contribution in [0.2, 0.25) is 5.02 Å². The van der Waals surface area contributed by atoms with Crippen molar-refractivity contribution in [2.45, 2.75) is 19.3 Å². The first-order chi connectivity index (χ1) is 11.7. The van der Waals surface area contributed by atoms with Crippen LogP contribution in [0.15, 0.2) is 24.3 Å².